The topological polar surface area (TPSA) is 48.7 Å². The molecule has 0 aliphatic heterocycles. The van der Waals surface area contributed by atoms with Gasteiger partial charge in [0.15, 0.2) is 0 Å². The molecule has 0 saturated carbocycles. The van der Waals surface area contributed by atoms with E-state index in [1.54, 1.807) is 12.1 Å². The van der Waals surface area contributed by atoms with E-state index in [0.717, 1.165) is 6.07 Å². The van der Waals surface area contributed by atoms with Crippen LogP contribution in [0.15, 0.2) is 34.9 Å². The van der Waals surface area contributed by atoms with Crippen molar-refractivity contribution in [2.45, 2.75) is 6.54 Å². The summed E-state index contributed by atoms with van der Waals surface area (Å²) in [7, 11) is 0. The summed E-state index contributed by atoms with van der Waals surface area (Å²) < 4.78 is 26.8. The Morgan fingerprint density at radius 2 is 2.16 bits per heavy atom. The maximum absolute atomic E-state index is 13.6. The molecular weight excluding hydrogens is 316 g/mol. The van der Waals surface area contributed by atoms with Crippen molar-refractivity contribution < 1.29 is 8.78 Å². The zero-order valence-corrected chi connectivity index (χ0v) is 11.2. The van der Waals surface area contributed by atoms with Crippen molar-refractivity contribution in [3.05, 3.63) is 57.8 Å². The van der Waals surface area contributed by atoms with Gasteiger partial charge in [0.25, 0.3) is 0 Å². The van der Waals surface area contributed by atoms with E-state index in [4.69, 9.17) is 5.26 Å². The molecule has 6 heteroatoms. The van der Waals surface area contributed by atoms with E-state index in [2.05, 4.69) is 26.2 Å². The molecule has 2 aromatic rings. The van der Waals surface area contributed by atoms with Crippen LogP contribution in [0.2, 0.25) is 0 Å². The number of benzene rings is 1. The van der Waals surface area contributed by atoms with E-state index >= 15 is 0 Å². The van der Waals surface area contributed by atoms with Crippen LogP contribution in [0, 0.1) is 23.0 Å². The van der Waals surface area contributed by atoms with Crippen LogP contribution in [-0.4, -0.2) is 4.98 Å². The first-order chi connectivity index (χ1) is 9.11. The van der Waals surface area contributed by atoms with Gasteiger partial charge in [0.2, 0.25) is 0 Å². The van der Waals surface area contributed by atoms with E-state index in [-0.39, 0.29) is 22.4 Å². The number of rotatable bonds is 3. The normalized spacial score (nSPS) is 10.0. The Bertz CT molecular complexity index is 630. The Hall–Kier alpha value is -2.00. The number of hydrogen-bond donors (Lipinski definition) is 1. The summed E-state index contributed by atoms with van der Waals surface area (Å²) in [5, 5.41) is 11.7. The second-order valence-electron chi connectivity index (χ2n) is 3.72. The van der Waals surface area contributed by atoms with Crippen LogP contribution < -0.4 is 5.32 Å². The van der Waals surface area contributed by atoms with Crippen LogP contribution in [-0.2, 0) is 6.54 Å². The summed E-state index contributed by atoms with van der Waals surface area (Å²) >= 11 is 3.08. The van der Waals surface area contributed by atoms with Crippen LogP contribution >= 0.6 is 15.9 Å². The van der Waals surface area contributed by atoms with Crippen molar-refractivity contribution in [3.63, 3.8) is 0 Å². The summed E-state index contributed by atoms with van der Waals surface area (Å²) in [6.07, 6.45) is 1.51. The molecule has 1 N–H and O–H groups in total. The van der Waals surface area contributed by atoms with Crippen molar-refractivity contribution >= 4 is 21.6 Å². The smallest absolute Gasteiger partial charge is 0.150 e. The van der Waals surface area contributed by atoms with Crippen LogP contribution in [0.3, 0.4) is 0 Å². The molecule has 0 atom stereocenters. The zero-order chi connectivity index (χ0) is 13.8. The SMILES string of the molecule is N#Cc1ncccc1CNc1c(F)cc(F)cc1Br. The predicted octanol–water partition coefficient (Wildman–Crippen LogP) is 3.61. The van der Waals surface area contributed by atoms with Gasteiger partial charge in [-0.2, -0.15) is 5.26 Å². The number of hydrogen-bond acceptors (Lipinski definition) is 3. The van der Waals surface area contributed by atoms with E-state index < -0.39 is 11.6 Å². The maximum Gasteiger partial charge on any atom is 0.150 e. The minimum atomic E-state index is -0.700. The molecule has 0 bridgehead atoms. The minimum Gasteiger partial charge on any atom is -0.378 e. The molecule has 0 aliphatic carbocycles. The van der Waals surface area contributed by atoms with Crippen molar-refractivity contribution in [2.24, 2.45) is 0 Å². The van der Waals surface area contributed by atoms with Crippen molar-refractivity contribution in [1.82, 2.24) is 4.98 Å². The van der Waals surface area contributed by atoms with Crippen molar-refractivity contribution in [3.8, 4) is 6.07 Å². The zero-order valence-electron chi connectivity index (χ0n) is 9.62. The van der Waals surface area contributed by atoms with E-state index in [1.165, 1.54) is 12.3 Å². The number of nitriles is 1. The second-order valence-corrected chi connectivity index (χ2v) is 4.58. The fraction of sp³-hybridized carbons (Fsp3) is 0.0769. The molecule has 19 heavy (non-hydrogen) atoms. The summed E-state index contributed by atoms with van der Waals surface area (Å²) in [6.45, 7) is 0.220. The molecule has 96 valence electrons. The van der Waals surface area contributed by atoms with Crippen LogP contribution in [0.5, 0.6) is 0 Å². The fourth-order valence-electron chi connectivity index (χ4n) is 1.58. The standard InChI is InChI=1S/C13H8BrF2N3/c14-10-4-9(15)5-11(16)13(10)19-7-8-2-1-3-18-12(8)6-17/h1-5,19H,7H2. The molecule has 2 rings (SSSR count). The summed E-state index contributed by atoms with van der Waals surface area (Å²) in [6, 6.07) is 7.32. The van der Waals surface area contributed by atoms with Gasteiger partial charge in [0, 0.05) is 28.8 Å². The number of anilines is 1. The number of aromatic nitrogens is 1. The first-order valence-electron chi connectivity index (χ1n) is 5.34. The Labute approximate surface area is 117 Å². The van der Waals surface area contributed by atoms with Gasteiger partial charge >= 0.3 is 0 Å². The highest BCUT2D eigenvalue weighted by molar-refractivity contribution is 9.10. The average Bonchev–Trinajstić information content (AvgIpc) is 2.38. The largest absolute Gasteiger partial charge is 0.378 e. The van der Waals surface area contributed by atoms with Crippen molar-refractivity contribution in [1.29, 1.82) is 5.26 Å². The van der Waals surface area contributed by atoms with Crippen LogP contribution in [0.4, 0.5) is 14.5 Å². The molecule has 1 aromatic carbocycles. The highest BCUT2D eigenvalue weighted by Crippen LogP contribution is 2.27. The van der Waals surface area contributed by atoms with Crippen LogP contribution in [0.25, 0.3) is 0 Å². The molecular formula is C13H8BrF2N3. The maximum atomic E-state index is 13.6. The summed E-state index contributed by atoms with van der Waals surface area (Å²) in [4.78, 5) is 3.90. The number of pyridine rings is 1. The first-order valence-corrected chi connectivity index (χ1v) is 6.13. The lowest BCUT2D eigenvalue weighted by atomic mass is 10.2. The van der Waals surface area contributed by atoms with Gasteiger partial charge in [0.1, 0.15) is 23.4 Å². The predicted molar refractivity (Wildman–Crippen MR) is 70.3 cm³/mol. The first kappa shape index (κ1) is 13.4. The molecule has 0 aliphatic rings. The third-order valence-electron chi connectivity index (χ3n) is 2.46. The third kappa shape index (κ3) is 3.06. The quantitative estimate of drug-likeness (QED) is 0.938. The molecule has 0 fully saturated rings. The number of nitrogens with zero attached hydrogens (tertiary/aromatic N) is 2. The lowest BCUT2D eigenvalue weighted by Gasteiger charge is -2.10. The highest BCUT2D eigenvalue weighted by atomic mass is 79.9. The molecule has 0 saturated heterocycles. The lowest BCUT2D eigenvalue weighted by Crippen LogP contribution is -2.05. The second kappa shape index (κ2) is 5.76. The van der Waals surface area contributed by atoms with Gasteiger partial charge in [-0.15, -0.1) is 0 Å². The minimum absolute atomic E-state index is 0.147. The Morgan fingerprint density at radius 1 is 1.37 bits per heavy atom. The Balaban J connectivity index is 2.22. The summed E-state index contributed by atoms with van der Waals surface area (Å²) in [5.74, 6) is -1.36. The van der Waals surface area contributed by atoms with E-state index in [1.807, 2.05) is 6.07 Å². The highest BCUT2D eigenvalue weighted by Gasteiger charge is 2.10. The van der Waals surface area contributed by atoms with Crippen LogP contribution in [0.1, 0.15) is 11.3 Å². The summed E-state index contributed by atoms with van der Waals surface area (Å²) in [5.41, 5.74) is 1.06. The van der Waals surface area contributed by atoms with E-state index in [0.29, 0.717) is 5.56 Å². The monoisotopic (exact) mass is 323 g/mol. The van der Waals surface area contributed by atoms with Gasteiger partial charge < -0.3 is 5.32 Å². The molecule has 0 spiro atoms. The van der Waals surface area contributed by atoms with Gasteiger partial charge in [-0.3, -0.25) is 0 Å². The molecule has 0 unspecified atom stereocenters. The number of halogens is 3. The fourth-order valence-corrected chi connectivity index (χ4v) is 2.12. The van der Waals surface area contributed by atoms with Gasteiger partial charge in [-0.25, -0.2) is 13.8 Å². The molecule has 0 radical (unpaired) electrons. The Morgan fingerprint density at radius 3 is 2.84 bits per heavy atom. The third-order valence-corrected chi connectivity index (χ3v) is 3.09. The van der Waals surface area contributed by atoms with Gasteiger partial charge in [0.05, 0.1) is 5.69 Å². The van der Waals surface area contributed by atoms with Gasteiger partial charge in [-0.05, 0) is 28.1 Å². The Kier molecular flexibility index (Phi) is 4.07. The average molecular weight is 324 g/mol. The molecule has 0 amide bonds. The van der Waals surface area contributed by atoms with E-state index in [9.17, 15) is 8.78 Å². The van der Waals surface area contributed by atoms with Gasteiger partial charge in [-0.1, -0.05) is 6.07 Å². The lowest BCUT2D eigenvalue weighted by molar-refractivity contribution is 0.583. The molecule has 3 nitrogen and oxygen atoms in total. The van der Waals surface area contributed by atoms with Crippen molar-refractivity contribution in [2.75, 3.05) is 5.32 Å². The molecule has 1 heterocycles. The molecule has 1 aromatic heterocycles. The number of nitrogens with one attached hydrogen (secondary N) is 1.